The highest BCUT2D eigenvalue weighted by molar-refractivity contribution is 5.24. The third kappa shape index (κ3) is 4.88. The van der Waals surface area contributed by atoms with Crippen LogP contribution in [0.5, 0.6) is 0 Å². The summed E-state index contributed by atoms with van der Waals surface area (Å²) in [6.07, 6.45) is 1.89. The molecular formula is C15H25NO. The molecule has 17 heavy (non-hydrogen) atoms. The Balaban J connectivity index is 2.46. The maximum absolute atomic E-state index is 8.92. The van der Waals surface area contributed by atoms with Gasteiger partial charge in [-0.2, -0.15) is 0 Å². The summed E-state index contributed by atoms with van der Waals surface area (Å²) in [6.45, 7) is 7.72. The molecule has 0 fully saturated rings. The summed E-state index contributed by atoms with van der Waals surface area (Å²) in [6, 6.07) is 9.20. The lowest BCUT2D eigenvalue weighted by molar-refractivity contribution is 0.262. The van der Waals surface area contributed by atoms with Crippen molar-refractivity contribution in [2.75, 3.05) is 6.61 Å². The molecule has 0 aliphatic rings. The van der Waals surface area contributed by atoms with Crippen molar-refractivity contribution in [3.8, 4) is 0 Å². The highest BCUT2D eigenvalue weighted by Gasteiger charge is 2.04. The lowest BCUT2D eigenvalue weighted by Gasteiger charge is -2.16. The molecule has 2 heteroatoms. The van der Waals surface area contributed by atoms with Gasteiger partial charge in [-0.05, 0) is 29.9 Å². The normalized spacial score (nSPS) is 13.0. The highest BCUT2D eigenvalue weighted by Crippen LogP contribution is 2.14. The van der Waals surface area contributed by atoms with Crippen LogP contribution in [-0.4, -0.2) is 17.8 Å². The molecule has 0 bridgehead atoms. The molecule has 1 rings (SSSR count). The average Bonchev–Trinajstić information content (AvgIpc) is 2.35. The molecule has 0 spiro atoms. The second-order valence-electron chi connectivity index (χ2n) is 4.89. The van der Waals surface area contributed by atoms with Crippen molar-refractivity contribution >= 4 is 0 Å². The lowest BCUT2D eigenvalue weighted by Crippen LogP contribution is -2.28. The molecule has 0 radical (unpaired) electrons. The molecule has 1 atom stereocenters. The van der Waals surface area contributed by atoms with Gasteiger partial charge in [-0.1, -0.05) is 45.0 Å². The molecule has 0 saturated carbocycles. The number of hydrogen-bond acceptors (Lipinski definition) is 2. The van der Waals surface area contributed by atoms with Crippen LogP contribution in [0, 0.1) is 0 Å². The topological polar surface area (TPSA) is 32.3 Å². The minimum atomic E-state index is 0.262. The first kappa shape index (κ1) is 14.2. The molecule has 0 saturated heterocycles. The zero-order valence-corrected chi connectivity index (χ0v) is 11.2. The van der Waals surface area contributed by atoms with Crippen molar-refractivity contribution in [1.82, 2.24) is 5.32 Å². The van der Waals surface area contributed by atoms with Gasteiger partial charge in [0.25, 0.3) is 0 Å². The van der Waals surface area contributed by atoms with Gasteiger partial charge < -0.3 is 10.4 Å². The Morgan fingerprint density at radius 2 is 1.82 bits per heavy atom. The Bertz CT molecular complexity index is 305. The highest BCUT2D eigenvalue weighted by atomic mass is 16.3. The second-order valence-corrected chi connectivity index (χ2v) is 4.89. The van der Waals surface area contributed by atoms with Crippen molar-refractivity contribution in [3.63, 3.8) is 0 Å². The minimum Gasteiger partial charge on any atom is -0.396 e. The van der Waals surface area contributed by atoms with Crippen molar-refractivity contribution < 1.29 is 5.11 Å². The summed E-state index contributed by atoms with van der Waals surface area (Å²) in [7, 11) is 0. The SMILES string of the molecule is CCC(CCO)NCc1ccc(C(C)C)cc1. The molecule has 1 aromatic rings. The van der Waals surface area contributed by atoms with Crippen molar-refractivity contribution in [1.29, 1.82) is 0 Å². The van der Waals surface area contributed by atoms with Gasteiger partial charge in [0, 0.05) is 19.2 Å². The van der Waals surface area contributed by atoms with E-state index >= 15 is 0 Å². The van der Waals surface area contributed by atoms with Gasteiger partial charge in [-0.25, -0.2) is 0 Å². The Morgan fingerprint density at radius 1 is 1.18 bits per heavy atom. The number of aliphatic hydroxyl groups excluding tert-OH is 1. The summed E-state index contributed by atoms with van der Waals surface area (Å²) in [4.78, 5) is 0. The van der Waals surface area contributed by atoms with E-state index < -0.39 is 0 Å². The van der Waals surface area contributed by atoms with Crippen LogP contribution in [0.3, 0.4) is 0 Å². The molecular weight excluding hydrogens is 210 g/mol. The zero-order valence-electron chi connectivity index (χ0n) is 11.2. The molecule has 96 valence electrons. The van der Waals surface area contributed by atoms with Gasteiger partial charge in [0.1, 0.15) is 0 Å². The first-order valence-electron chi connectivity index (χ1n) is 6.60. The molecule has 0 aromatic heterocycles. The van der Waals surface area contributed by atoms with Crippen molar-refractivity contribution in [2.45, 2.75) is 52.1 Å². The van der Waals surface area contributed by atoms with E-state index in [4.69, 9.17) is 5.11 Å². The Labute approximate surface area is 105 Å². The third-order valence-electron chi connectivity index (χ3n) is 3.21. The largest absolute Gasteiger partial charge is 0.396 e. The first-order valence-corrected chi connectivity index (χ1v) is 6.60. The maximum Gasteiger partial charge on any atom is 0.0445 e. The Hall–Kier alpha value is -0.860. The van der Waals surface area contributed by atoms with Crippen LogP contribution in [-0.2, 0) is 6.54 Å². The zero-order chi connectivity index (χ0) is 12.7. The van der Waals surface area contributed by atoms with Gasteiger partial charge in [0.15, 0.2) is 0 Å². The van der Waals surface area contributed by atoms with Crippen LogP contribution in [0.4, 0.5) is 0 Å². The number of hydrogen-bond donors (Lipinski definition) is 2. The Morgan fingerprint density at radius 3 is 2.29 bits per heavy atom. The summed E-state index contributed by atoms with van der Waals surface area (Å²) < 4.78 is 0. The molecule has 1 aromatic carbocycles. The standard InChI is InChI=1S/C15H25NO/c1-4-15(9-10-17)16-11-13-5-7-14(8-6-13)12(2)3/h5-8,12,15-17H,4,9-11H2,1-3H3. The van der Waals surface area contributed by atoms with E-state index in [1.165, 1.54) is 11.1 Å². The van der Waals surface area contributed by atoms with E-state index in [-0.39, 0.29) is 6.61 Å². The molecule has 2 N–H and O–H groups in total. The predicted molar refractivity (Wildman–Crippen MR) is 73.2 cm³/mol. The first-order chi connectivity index (χ1) is 8.17. The summed E-state index contributed by atoms with van der Waals surface area (Å²) in [5.74, 6) is 0.592. The van der Waals surface area contributed by atoms with E-state index in [9.17, 15) is 0 Å². The summed E-state index contributed by atoms with van der Waals surface area (Å²) in [5.41, 5.74) is 2.70. The fraction of sp³-hybridized carbons (Fsp3) is 0.600. The lowest BCUT2D eigenvalue weighted by atomic mass is 10.0. The van der Waals surface area contributed by atoms with Gasteiger partial charge in [0.2, 0.25) is 0 Å². The van der Waals surface area contributed by atoms with Crippen LogP contribution in [0.15, 0.2) is 24.3 Å². The van der Waals surface area contributed by atoms with Crippen LogP contribution >= 0.6 is 0 Å². The van der Waals surface area contributed by atoms with Crippen molar-refractivity contribution in [2.24, 2.45) is 0 Å². The van der Waals surface area contributed by atoms with E-state index in [2.05, 4.69) is 50.4 Å². The van der Waals surface area contributed by atoms with E-state index in [1.54, 1.807) is 0 Å². The monoisotopic (exact) mass is 235 g/mol. The van der Waals surface area contributed by atoms with Gasteiger partial charge >= 0.3 is 0 Å². The number of aliphatic hydroxyl groups is 1. The van der Waals surface area contributed by atoms with Crippen LogP contribution in [0.25, 0.3) is 0 Å². The maximum atomic E-state index is 8.92. The smallest absolute Gasteiger partial charge is 0.0445 e. The third-order valence-corrected chi connectivity index (χ3v) is 3.21. The second kappa shape index (κ2) is 7.46. The molecule has 0 heterocycles. The van der Waals surface area contributed by atoms with Crippen LogP contribution in [0.1, 0.15) is 50.7 Å². The molecule has 1 unspecified atom stereocenters. The van der Waals surface area contributed by atoms with Crippen LogP contribution < -0.4 is 5.32 Å². The van der Waals surface area contributed by atoms with E-state index in [1.807, 2.05) is 0 Å². The van der Waals surface area contributed by atoms with E-state index in [0.717, 1.165) is 19.4 Å². The fourth-order valence-corrected chi connectivity index (χ4v) is 1.89. The van der Waals surface area contributed by atoms with Gasteiger partial charge in [-0.15, -0.1) is 0 Å². The predicted octanol–water partition coefficient (Wildman–Crippen LogP) is 3.06. The average molecular weight is 235 g/mol. The summed E-state index contributed by atoms with van der Waals surface area (Å²) >= 11 is 0. The molecule has 0 amide bonds. The quantitative estimate of drug-likeness (QED) is 0.761. The molecule has 0 aliphatic carbocycles. The summed E-state index contributed by atoms with van der Waals surface area (Å²) in [5, 5.41) is 12.4. The van der Waals surface area contributed by atoms with Crippen LogP contribution in [0.2, 0.25) is 0 Å². The van der Waals surface area contributed by atoms with Crippen molar-refractivity contribution in [3.05, 3.63) is 35.4 Å². The Kier molecular flexibility index (Phi) is 6.23. The van der Waals surface area contributed by atoms with Gasteiger partial charge in [-0.3, -0.25) is 0 Å². The minimum absolute atomic E-state index is 0.262. The molecule has 0 aliphatic heterocycles. The molecule has 2 nitrogen and oxygen atoms in total. The van der Waals surface area contributed by atoms with E-state index in [0.29, 0.717) is 12.0 Å². The number of rotatable bonds is 7. The number of benzene rings is 1. The number of nitrogens with one attached hydrogen (secondary N) is 1. The fourth-order valence-electron chi connectivity index (χ4n) is 1.89. The van der Waals surface area contributed by atoms with Gasteiger partial charge in [0.05, 0.1) is 0 Å².